The average molecular weight is 256 g/mol. The highest BCUT2D eigenvalue weighted by molar-refractivity contribution is 6.29. The fourth-order valence-electron chi connectivity index (χ4n) is 1.66. The summed E-state index contributed by atoms with van der Waals surface area (Å²) in [4.78, 5) is 0. The largest absolute Gasteiger partial charge is 0.369 e. The van der Waals surface area contributed by atoms with E-state index in [4.69, 9.17) is 11.6 Å². The van der Waals surface area contributed by atoms with E-state index in [1.54, 1.807) is 6.07 Å². The van der Waals surface area contributed by atoms with E-state index in [2.05, 4.69) is 29.4 Å². The minimum absolute atomic E-state index is 0.434. The predicted octanol–water partition coefficient (Wildman–Crippen LogP) is 4.15. The minimum Gasteiger partial charge on any atom is -0.369 e. The number of anilines is 1. The van der Waals surface area contributed by atoms with Gasteiger partial charge in [0, 0.05) is 6.54 Å². The van der Waals surface area contributed by atoms with Crippen molar-refractivity contribution >= 4 is 17.4 Å². The van der Waals surface area contributed by atoms with Crippen molar-refractivity contribution in [2.24, 2.45) is 5.92 Å². The van der Waals surface area contributed by atoms with E-state index in [-0.39, 0.29) is 0 Å². The lowest BCUT2D eigenvalue weighted by molar-refractivity contribution is 0.523. The Labute approximate surface area is 109 Å². The molecule has 0 aliphatic rings. The lowest BCUT2D eigenvalue weighted by Gasteiger charge is -2.06. The van der Waals surface area contributed by atoms with Crippen LogP contribution >= 0.6 is 11.6 Å². The first kappa shape index (κ1) is 14.2. The van der Waals surface area contributed by atoms with Gasteiger partial charge in [0.25, 0.3) is 0 Å². The third kappa shape index (κ3) is 7.16. The van der Waals surface area contributed by atoms with E-state index in [1.807, 2.05) is 6.07 Å². The molecule has 0 spiro atoms. The Morgan fingerprint density at radius 2 is 1.88 bits per heavy atom. The third-order valence-corrected chi connectivity index (χ3v) is 2.85. The molecule has 0 atom stereocenters. The first-order valence-electron chi connectivity index (χ1n) is 6.41. The minimum atomic E-state index is 0.434. The number of nitrogens with one attached hydrogen (secondary N) is 1. The number of unbranched alkanes of at least 4 members (excludes halogenated alkanes) is 3. The van der Waals surface area contributed by atoms with Crippen LogP contribution in [0, 0.1) is 5.92 Å². The summed E-state index contributed by atoms with van der Waals surface area (Å²) in [6.45, 7) is 5.51. The molecule has 0 aromatic carbocycles. The molecule has 0 saturated heterocycles. The second-order valence-electron chi connectivity index (χ2n) is 4.76. The molecular weight excluding hydrogens is 234 g/mol. The van der Waals surface area contributed by atoms with Gasteiger partial charge in [-0.1, -0.05) is 51.1 Å². The van der Waals surface area contributed by atoms with E-state index in [9.17, 15) is 0 Å². The van der Waals surface area contributed by atoms with Crippen LogP contribution in [0.1, 0.15) is 46.0 Å². The second kappa shape index (κ2) is 8.29. The standard InChI is InChI=1S/C13H22ClN3/c1-11(2)7-5-3-4-6-10-15-13-9-8-12(14)16-17-13/h8-9,11H,3-7,10H2,1-2H3,(H,15,17). The van der Waals surface area contributed by atoms with Crippen LogP contribution in [0.3, 0.4) is 0 Å². The fourth-order valence-corrected chi connectivity index (χ4v) is 1.76. The quantitative estimate of drug-likeness (QED) is 0.709. The van der Waals surface area contributed by atoms with E-state index in [0.717, 1.165) is 18.3 Å². The molecule has 3 nitrogen and oxygen atoms in total. The van der Waals surface area contributed by atoms with Gasteiger partial charge in [-0.15, -0.1) is 10.2 Å². The van der Waals surface area contributed by atoms with Gasteiger partial charge in [-0.2, -0.15) is 0 Å². The van der Waals surface area contributed by atoms with E-state index >= 15 is 0 Å². The highest BCUT2D eigenvalue weighted by Gasteiger charge is 1.96. The van der Waals surface area contributed by atoms with Crippen molar-refractivity contribution in [3.63, 3.8) is 0 Å². The van der Waals surface area contributed by atoms with E-state index in [0.29, 0.717) is 5.15 Å². The van der Waals surface area contributed by atoms with E-state index < -0.39 is 0 Å². The van der Waals surface area contributed by atoms with Gasteiger partial charge in [0.2, 0.25) is 0 Å². The Morgan fingerprint density at radius 3 is 2.53 bits per heavy atom. The zero-order chi connectivity index (χ0) is 12.5. The fraction of sp³-hybridized carbons (Fsp3) is 0.692. The Kier molecular flexibility index (Phi) is 6.94. The van der Waals surface area contributed by atoms with Gasteiger partial charge < -0.3 is 5.32 Å². The Hall–Kier alpha value is -0.830. The second-order valence-corrected chi connectivity index (χ2v) is 5.15. The first-order chi connectivity index (χ1) is 8.18. The average Bonchev–Trinajstić information content (AvgIpc) is 2.30. The molecule has 1 N–H and O–H groups in total. The zero-order valence-corrected chi connectivity index (χ0v) is 11.5. The molecule has 0 aliphatic carbocycles. The molecule has 0 fully saturated rings. The van der Waals surface area contributed by atoms with Gasteiger partial charge in [-0.05, 0) is 24.5 Å². The normalized spacial score (nSPS) is 10.8. The van der Waals surface area contributed by atoms with Crippen molar-refractivity contribution in [3.05, 3.63) is 17.3 Å². The van der Waals surface area contributed by atoms with Crippen molar-refractivity contribution in [1.29, 1.82) is 0 Å². The van der Waals surface area contributed by atoms with Gasteiger partial charge in [0.05, 0.1) is 0 Å². The van der Waals surface area contributed by atoms with Crippen LogP contribution in [-0.2, 0) is 0 Å². The maximum absolute atomic E-state index is 5.65. The van der Waals surface area contributed by atoms with Crippen LogP contribution in [0.4, 0.5) is 5.82 Å². The molecule has 1 aromatic heterocycles. The van der Waals surface area contributed by atoms with Crippen molar-refractivity contribution in [2.45, 2.75) is 46.0 Å². The van der Waals surface area contributed by atoms with Gasteiger partial charge in [0.15, 0.2) is 5.15 Å². The third-order valence-electron chi connectivity index (χ3n) is 2.65. The summed E-state index contributed by atoms with van der Waals surface area (Å²) in [7, 11) is 0. The number of rotatable bonds is 8. The molecule has 0 saturated carbocycles. The van der Waals surface area contributed by atoms with Gasteiger partial charge in [-0.25, -0.2) is 0 Å². The van der Waals surface area contributed by atoms with Crippen LogP contribution in [0.25, 0.3) is 0 Å². The van der Waals surface area contributed by atoms with Gasteiger partial charge in [0.1, 0.15) is 5.82 Å². The lowest BCUT2D eigenvalue weighted by atomic mass is 10.0. The Bertz CT molecular complexity index is 298. The summed E-state index contributed by atoms with van der Waals surface area (Å²) in [5.74, 6) is 1.63. The number of hydrogen-bond acceptors (Lipinski definition) is 3. The molecule has 0 amide bonds. The van der Waals surface area contributed by atoms with Crippen molar-refractivity contribution in [2.75, 3.05) is 11.9 Å². The molecule has 0 radical (unpaired) electrons. The van der Waals surface area contributed by atoms with Gasteiger partial charge in [-0.3, -0.25) is 0 Å². The molecular formula is C13H22ClN3. The summed E-state index contributed by atoms with van der Waals surface area (Å²) >= 11 is 5.65. The molecule has 17 heavy (non-hydrogen) atoms. The maximum Gasteiger partial charge on any atom is 0.151 e. The van der Waals surface area contributed by atoms with Crippen molar-refractivity contribution in [3.8, 4) is 0 Å². The summed E-state index contributed by atoms with van der Waals surface area (Å²) in [6, 6.07) is 3.60. The molecule has 1 aromatic rings. The summed E-state index contributed by atoms with van der Waals surface area (Å²) in [6.07, 6.45) is 6.48. The maximum atomic E-state index is 5.65. The molecule has 96 valence electrons. The molecule has 1 heterocycles. The molecule has 4 heteroatoms. The first-order valence-corrected chi connectivity index (χ1v) is 6.79. The van der Waals surface area contributed by atoms with Crippen LogP contribution in [0.15, 0.2) is 12.1 Å². The molecule has 1 rings (SSSR count). The molecule has 0 bridgehead atoms. The van der Waals surface area contributed by atoms with Crippen LogP contribution < -0.4 is 5.32 Å². The highest BCUT2D eigenvalue weighted by atomic mass is 35.5. The monoisotopic (exact) mass is 255 g/mol. The van der Waals surface area contributed by atoms with Gasteiger partial charge >= 0.3 is 0 Å². The number of halogens is 1. The zero-order valence-electron chi connectivity index (χ0n) is 10.7. The lowest BCUT2D eigenvalue weighted by Crippen LogP contribution is -2.03. The van der Waals surface area contributed by atoms with Crippen LogP contribution in [-0.4, -0.2) is 16.7 Å². The molecule has 0 unspecified atom stereocenters. The SMILES string of the molecule is CC(C)CCCCCCNc1ccc(Cl)nn1. The number of hydrogen-bond donors (Lipinski definition) is 1. The topological polar surface area (TPSA) is 37.8 Å². The predicted molar refractivity (Wildman–Crippen MR) is 73.5 cm³/mol. The summed E-state index contributed by atoms with van der Waals surface area (Å²) < 4.78 is 0. The molecule has 0 aliphatic heterocycles. The highest BCUT2D eigenvalue weighted by Crippen LogP contribution is 2.10. The smallest absolute Gasteiger partial charge is 0.151 e. The Balaban J connectivity index is 1.99. The van der Waals surface area contributed by atoms with Crippen molar-refractivity contribution < 1.29 is 0 Å². The van der Waals surface area contributed by atoms with Crippen LogP contribution in [0.2, 0.25) is 5.15 Å². The number of nitrogens with zero attached hydrogens (tertiary/aromatic N) is 2. The summed E-state index contributed by atoms with van der Waals surface area (Å²) in [5.41, 5.74) is 0. The van der Waals surface area contributed by atoms with E-state index in [1.165, 1.54) is 32.1 Å². The summed E-state index contributed by atoms with van der Waals surface area (Å²) in [5, 5.41) is 11.4. The Morgan fingerprint density at radius 1 is 1.12 bits per heavy atom. The van der Waals surface area contributed by atoms with Crippen LogP contribution in [0.5, 0.6) is 0 Å². The van der Waals surface area contributed by atoms with Crippen molar-refractivity contribution in [1.82, 2.24) is 10.2 Å². The number of aromatic nitrogens is 2.